The van der Waals surface area contributed by atoms with E-state index in [1.807, 2.05) is 29.8 Å². The first kappa shape index (κ1) is 15.0. The summed E-state index contributed by atoms with van der Waals surface area (Å²) >= 11 is 0. The fourth-order valence-electron chi connectivity index (χ4n) is 2.19. The van der Waals surface area contributed by atoms with Gasteiger partial charge in [-0.2, -0.15) is 4.98 Å². The number of nitrogens with two attached hydrogens (primary N) is 1. The van der Waals surface area contributed by atoms with Crippen LogP contribution in [0.15, 0.2) is 30.7 Å². The lowest BCUT2D eigenvalue weighted by Gasteiger charge is -2.08. The van der Waals surface area contributed by atoms with Crippen molar-refractivity contribution < 1.29 is 5.11 Å². The smallest absolute Gasteiger partial charge is 0.221 e. The molecule has 3 aromatic rings. The fourth-order valence-corrected chi connectivity index (χ4v) is 2.19. The van der Waals surface area contributed by atoms with Gasteiger partial charge < -0.3 is 15.4 Å². The molecule has 3 aromatic heterocycles. The molecule has 3 N–H and O–H groups in total. The topological polar surface area (TPSA) is 89.9 Å². The van der Waals surface area contributed by atoms with Gasteiger partial charge in [0.1, 0.15) is 17.1 Å². The second-order valence-corrected chi connectivity index (χ2v) is 5.86. The molecule has 0 spiro atoms. The lowest BCUT2D eigenvalue weighted by atomic mass is 10.1. The molecule has 0 aliphatic carbocycles. The van der Waals surface area contributed by atoms with Crippen molar-refractivity contribution in [2.75, 3.05) is 5.73 Å². The second kappa shape index (κ2) is 5.38. The maximum Gasteiger partial charge on any atom is 0.221 e. The first-order chi connectivity index (χ1) is 10.8. The van der Waals surface area contributed by atoms with E-state index in [9.17, 15) is 5.11 Å². The van der Waals surface area contributed by atoms with Crippen LogP contribution in [0.4, 0.5) is 5.95 Å². The van der Waals surface area contributed by atoms with Crippen LogP contribution in [0.3, 0.4) is 0 Å². The Morgan fingerprint density at radius 1 is 1.26 bits per heavy atom. The molecule has 0 saturated heterocycles. The average molecular weight is 307 g/mol. The minimum absolute atomic E-state index is 0.226. The third kappa shape index (κ3) is 3.15. The van der Waals surface area contributed by atoms with E-state index in [-0.39, 0.29) is 5.95 Å². The summed E-state index contributed by atoms with van der Waals surface area (Å²) in [5, 5.41) is 10.7. The van der Waals surface area contributed by atoms with Crippen LogP contribution in [-0.2, 0) is 0 Å². The van der Waals surface area contributed by atoms with Gasteiger partial charge in [-0.3, -0.25) is 0 Å². The highest BCUT2D eigenvalue weighted by Gasteiger charge is 2.10. The van der Waals surface area contributed by atoms with Gasteiger partial charge >= 0.3 is 0 Å². The summed E-state index contributed by atoms with van der Waals surface area (Å²) in [5.74, 6) is 6.60. The van der Waals surface area contributed by atoms with Crippen molar-refractivity contribution in [3.05, 3.63) is 42.0 Å². The predicted molar refractivity (Wildman–Crippen MR) is 89.0 cm³/mol. The molecule has 116 valence electrons. The van der Waals surface area contributed by atoms with Crippen molar-refractivity contribution in [1.82, 2.24) is 19.5 Å². The number of aliphatic hydroxyl groups is 1. The van der Waals surface area contributed by atoms with Crippen LogP contribution in [0.5, 0.6) is 0 Å². The van der Waals surface area contributed by atoms with Crippen LogP contribution in [-0.4, -0.2) is 30.2 Å². The average Bonchev–Trinajstić information content (AvgIpc) is 2.90. The van der Waals surface area contributed by atoms with Gasteiger partial charge in [-0.25, -0.2) is 9.97 Å². The van der Waals surface area contributed by atoms with Crippen molar-refractivity contribution in [2.24, 2.45) is 0 Å². The first-order valence-electron chi connectivity index (χ1n) is 7.16. The molecule has 0 aromatic carbocycles. The molecule has 0 saturated carbocycles. The number of anilines is 1. The summed E-state index contributed by atoms with van der Waals surface area (Å²) in [7, 11) is 0. The third-order valence-corrected chi connectivity index (χ3v) is 3.26. The van der Waals surface area contributed by atoms with Gasteiger partial charge in [0.25, 0.3) is 0 Å². The maximum atomic E-state index is 9.71. The Labute approximate surface area is 134 Å². The van der Waals surface area contributed by atoms with Crippen molar-refractivity contribution >= 4 is 16.9 Å². The van der Waals surface area contributed by atoms with E-state index in [0.29, 0.717) is 5.69 Å². The van der Waals surface area contributed by atoms with Gasteiger partial charge in [0.15, 0.2) is 0 Å². The molecule has 0 radical (unpaired) electrons. The molecule has 0 aliphatic rings. The number of pyridine rings is 1. The summed E-state index contributed by atoms with van der Waals surface area (Å²) in [6.45, 7) is 5.19. The molecule has 0 bridgehead atoms. The fraction of sp³-hybridized carbons (Fsp3) is 0.235. The summed E-state index contributed by atoms with van der Waals surface area (Å²) < 4.78 is 1.93. The van der Waals surface area contributed by atoms with Gasteiger partial charge in [0, 0.05) is 29.5 Å². The van der Waals surface area contributed by atoms with Crippen LogP contribution >= 0.6 is 0 Å². The number of nitrogen functional groups attached to an aromatic ring is 1. The predicted octanol–water partition coefficient (Wildman–Crippen LogP) is 1.83. The van der Waals surface area contributed by atoms with Gasteiger partial charge in [-0.05, 0) is 38.8 Å². The summed E-state index contributed by atoms with van der Waals surface area (Å²) in [6.07, 6.45) is 5.36. The Kier molecular flexibility index (Phi) is 3.51. The molecule has 0 atom stereocenters. The highest BCUT2D eigenvalue weighted by molar-refractivity contribution is 5.82. The molecule has 0 aliphatic heterocycles. The van der Waals surface area contributed by atoms with Crippen molar-refractivity contribution in [3.63, 3.8) is 0 Å². The van der Waals surface area contributed by atoms with E-state index in [4.69, 9.17) is 5.73 Å². The number of hydrogen-bond donors (Lipinski definition) is 2. The van der Waals surface area contributed by atoms with Gasteiger partial charge in [0.05, 0.1) is 5.52 Å². The number of hydrogen-bond acceptors (Lipinski definition) is 5. The Hall–Kier alpha value is -2.91. The van der Waals surface area contributed by atoms with Crippen LogP contribution < -0.4 is 5.73 Å². The Balaban J connectivity index is 2.15. The van der Waals surface area contributed by atoms with E-state index in [2.05, 4.69) is 26.8 Å². The van der Waals surface area contributed by atoms with Gasteiger partial charge in [-0.1, -0.05) is 5.92 Å². The monoisotopic (exact) mass is 307 g/mol. The second-order valence-electron chi connectivity index (χ2n) is 5.86. The molecular weight excluding hydrogens is 290 g/mol. The van der Waals surface area contributed by atoms with E-state index in [0.717, 1.165) is 22.3 Å². The highest BCUT2D eigenvalue weighted by atomic mass is 16.3. The number of aromatic nitrogens is 4. The number of fused-ring (bicyclic) bond motifs is 1. The molecule has 0 fully saturated rings. The van der Waals surface area contributed by atoms with E-state index in [1.165, 1.54) is 0 Å². The molecule has 3 heterocycles. The summed E-state index contributed by atoms with van der Waals surface area (Å²) in [6, 6.07) is 3.82. The zero-order valence-corrected chi connectivity index (χ0v) is 13.2. The lowest BCUT2D eigenvalue weighted by molar-refractivity contribution is 0.143. The van der Waals surface area contributed by atoms with Gasteiger partial charge in [0.2, 0.25) is 5.95 Å². The van der Waals surface area contributed by atoms with Gasteiger partial charge in [-0.15, -0.1) is 0 Å². The molecule has 0 amide bonds. The maximum absolute atomic E-state index is 9.71. The molecular formula is C17H17N5O. The van der Waals surface area contributed by atoms with Crippen molar-refractivity contribution in [2.45, 2.75) is 26.4 Å². The molecule has 0 unspecified atom stereocenters. The largest absolute Gasteiger partial charge is 0.378 e. The number of nitrogens with zero attached hydrogens (tertiary/aromatic N) is 4. The minimum atomic E-state index is -1.06. The van der Waals surface area contributed by atoms with Crippen LogP contribution in [0.1, 0.15) is 25.1 Å². The number of aryl methyl sites for hydroxylation is 1. The van der Waals surface area contributed by atoms with E-state index in [1.54, 1.807) is 26.2 Å². The number of rotatable bonds is 1. The summed E-state index contributed by atoms with van der Waals surface area (Å²) in [5.41, 5.74) is 7.06. The van der Waals surface area contributed by atoms with Crippen LogP contribution in [0, 0.1) is 18.8 Å². The highest BCUT2D eigenvalue weighted by Crippen LogP contribution is 2.21. The summed E-state index contributed by atoms with van der Waals surface area (Å²) in [4.78, 5) is 12.6. The Morgan fingerprint density at radius 2 is 2.04 bits per heavy atom. The molecule has 6 nitrogen and oxygen atoms in total. The molecule has 23 heavy (non-hydrogen) atoms. The molecule has 6 heteroatoms. The SMILES string of the molecule is Cc1cnc(N)nc1-n1ccc2cnc(C#CC(C)(C)O)cc21. The van der Waals surface area contributed by atoms with Crippen LogP contribution in [0.2, 0.25) is 0 Å². The van der Waals surface area contributed by atoms with E-state index >= 15 is 0 Å². The van der Waals surface area contributed by atoms with Crippen molar-refractivity contribution in [3.8, 4) is 17.7 Å². The Bertz CT molecular complexity index is 941. The quantitative estimate of drug-likeness (QED) is 0.669. The zero-order chi connectivity index (χ0) is 16.6. The first-order valence-corrected chi connectivity index (χ1v) is 7.16. The van der Waals surface area contributed by atoms with Crippen molar-refractivity contribution in [1.29, 1.82) is 0 Å². The molecule has 3 rings (SSSR count). The Morgan fingerprint density at radius 3 is 2.78 bits per heavy atom. The zero-order valence-electron chi connectivity index (χ0n) is 13.2. The normalized spacial score (nSPS) is 11.3. The third-order valence-electron chi connectivity index (χ3n) is 3.26. The lowest BCUT2D eigenvalue weighted by Crippen LogP contribution is -2.14. The van der Waals surface area contributed by atoms with Crippen LogP contribution in [0.25, 0.3) is 16.7 Å². The van der Waals surface area contributed by atoms with E-state index < -0.39 is 5.60 Å². The minimum Gasteiger partial charge on any atom is -0.378 e. The standard InChI is InChI=1S/C17H17N5O/c1-11-9-20-16(18)21-15(11)22-7-5-12-10-19-13(8-14(12)22)4-6-17(2,3)23/h5,7-10,23H,1-3H3,(H2,18,20,21).